The minimum Gasteiger partial charge on any atom is -0.369 e. The van der Waals surface area contributed by atoms with Crippen molar-refractivity contribution in [3.63, 3.8) is 0 Å². The highest BCUT2D eigenvalue weighted by Gasteiger charge is 2.26. The topological polar surface area (TPSA) is 43.1 Å². The van der Waals surface area contributed by atoms with Crippen LogP contribution in [-0.2, 0) is 11.2 Å². The van der Waals surface area contributed by atoms with Gasteiger partial charge in [-0.25, -0.2) is 4.39 Å². The Labute approximate surface area is 99.6 Å². The number of nitrogens with two attached hydrogens (primary N) is 1. The van der Waals surface area contributed by atoms with Crippen LogP contribution in [0.25, 0.3) is 0 Å². The number of benzene rings is 1. The molecule has 1 aromatic carbocycles. The van der Waals surface area contributed by atoms with E-state index in [4.69, 9.17) is 17.3 Å². The van der Waals surface area contributed by atoms with Gasteiger partial charge in [0, 0.05) is 5.41 Å². The van der Waals surface area contributed by atoms with Crippen molar-refractivity contribution >= 4 is 17.5 Å². The van der Waals surface area contributed by atoms with Crippen LogP contribution in [0, 0.1) is 18.2 Å². The largest absolute Gasteiger partial charge is 0.369 e. The van der Waals surface area contributed by atoms with Gasteiger partial charge >= 0.3 is 0 Å². The van der Waals surface area contributed by atoms with Crippen LogP contribution in [0.15, 0.2) is 12.1 Å². The fourth-order valence-electron chi connectivity index (χ4n) is 1.45. The van der Waals surface area contributed by atoms with Gasteiger partial charge in [0.2, 0.25) is 5.91 Å². The van der Waals surface area contributed by atoms with Gasteiger partial charge in [0.05, 0.1) is 5.02 Å². The molecule has 0 spiro atoms. The predicted octanol–water partition coefficient (Wildman–Crippen LogP) is 2.84. The summed E-state index contributed by atoms with van der Waals surface area (Å²) in [6, 6.07) is 3.22. The molecule has 2 nitrogen and oxygen atoms in total. The van der Waals surface area contributed by atoms with Crippen molar-refractivity contribution in [3.05, 3.63) is 34.1 Å². The van der Waals surface area contributed by atoms with Gasteiger partial charge in [-0.15, -0.1) is 0 Å². The zero-order chi connectivity index (χ0) is 12.5. The molecule has 1 amide bonds. The van der Waals surface area contributed by atoms with Crippen molar-refractivity contribution in [3.8, 4) is 0 Å². The highest BCUT2D eigenvalue weighted by molar-refractivity contribution is 6.30. The summed E-state index contributed by atoms with van der Waals surface area (Å²) in [5.41, 5.74) is 5.82. The number of primary amides is 1. The maximum absolute atomic E-state index is 13.5. The Balaban J connectivity index is 3.08. The molecule has 16 heavy (non-hydrogen) atoms. The normalized spacial score (nSPS) is 11.6. The van der Waals surface area contributed by atoms with E-state index in [1.807, 2.05) is 0 Å². The smallest absolute Gasteiger partial charge is 0.223 e. The number of halogens is 2. The van der Waals surface area contributed by atoms with Crippen molar-refractivity contribution in [1.29, 1.82) is 0 Å². The summed E-state index contributed by atoms with van der Waals surface area (Å²) in [6.07, 6.45) is 0.405. The SMILES string of the molecule is Cc1c(CC(C)(C)C(N)=O)ccc(Cl)c1F. The zero-order valence-corrected chi connectivity index (χ0v) is 10.4. The molecule has 4 heteroatoms. The van der Waals surface area contributed by atoms with Gasteiger partial charge in [0.15, 0.2) is 0 Å². The lowest BCUT2D eigenvalue weighted by atomic mass is 9.84. The minimum atomic E-state index is -0.689. The number of hydrogen-bond donors (Lipinski definition) is 1. The van der Waals surface area contributed by atoms with Crippen molar-refractivity contribution in [2.75, 3.05) is 0 Å². The first-order chi connectivity index (χ1) is 7.25. The first-order valence-electron chi connectivity index (χ1n) is 4.99. The van der Waals surface area contributed by atoms with Crippen LogP contribution in [0.1, 0.15) is 25.0 Å². The van der Waals surface area contributed by atoms with E-state index < -0.39 is 17.1 Å². The van der Waals surface area contributed by atoms with Gasteiger partial charge in [0.25, 0.3) is 0 Å². The fraction of sp³-hybridized carbons (Fsp3) is 0.417. The average molecular weight is 244 g/mol. The van der Waals surface area contributed by atoms with Crippen molar-refractivity contribution < 1.29 is 9.18 Å². The van der Waals surface area contributed by atoms with Crippen molar-refractivity contribution in [2.24, 2.45) is 11.1 Å². The lowest BCUT2D eigenvalue weighted by Gasteiger charge is -2.21. The third-order valence-electron chi connectivity index (χ3n) is 2.75. The van der Waals surface area contributed by atoms with Crippen LogP contribution in [0.3, 0.4) is 0 Å². The molecule has 1 rings (SSSR count). The first-order valence-corrected chi connectivity index (χ1v) is 5.37. The van der Waals surface area contributed by atoms with Crippen LogP contribution in [0.2, 0.25) is 5.02 Å². The number of rotatable bonds is 3. The van der Waals surface area contributed by atoms with E-state index in [-0.39, 0.29) is 5.02 Å². The Bertz CT molecular complexity index is 429. The summed E-state index contributed by atoms with van der Waals surface area (Å²) < 4.78 is 13.5. The van der Waals surface area contributed by atoms with E-state index >= 15 is 0 Å². The Morgan fingerprint density at radius 2 is 2.06 bits per heavy atom. The molecular weight excluding hydrogens is 229 g/mol. The van der Waals surface area contributed by atoms with E-state index in [0.717, 1.165) is 5.56 Å². The average Bonchev–Trinajstić information content (AvgIpc) is 2.19. The quantitative estimate of drug-likeness (QED) is 0.872. The van der Waals surface area contributed by atoms with Crippen LogP contribution in [-0.4, -0.2) is 5.91 Å². The summed E-state index contributed by atoms with van der Waals surface area (Å²) in [5.74, 6) is -0.832. The second-order valence-corrected chi connectivity index (χ2v) is 4.98. The molecule has 2 N–H and O–H groups in total. The van der Waals surface area contributed by atoms with Crippen LogP contribution in [0.4, 0.5) is 4.39 Å². The fourth-order valence-corrected chi connectivity index (χ4v) is 1.65. The Hall–Kier alpha value is -1.09. The molecule has 0 aliphatic carbocycles. The molecule has 0 aliphatic heterocycles. The maximum atomic E-state index is 13.5. The summed E-state index contributed by atoms with van der Waals surface area (Å²) in [7, 11) is 0. The van der Waals surface area contributed by atoms with Gasteiger partial charge in [-0.2, -0.15) is 0 Å². The van der Waals surface area contributed by atoms with Gasteiger partial charge < -0.3 is 5.73 Å². The third kappa shape index (κ3) is 2.53. The summed E-state index contributed by atoms with van der Waals surface area (Å²) in [6.45, 7) is 5.12. The molecule has 0 aliphatic rings. The molecule has 0 fully saturated rings. The summed E-state index contributed by atoms with van der Waals surface area (Å²) in [4.78, 5) is 11.2. The lowest BCUT2D eigenvalue weighted by Crippen LogP contribution is -2.33. The molecule has 0 aromatic heterocycles. The highest BCUT2D eigenvalue weighted by Crippen LogP contribution is 2.27. The summed E-state index contributed by atoms with van der Waals surface area (Å²) in [5, 5.41) is 0.0955. The van der Waals surface area contributed by atoms with Gasteiger partial charge in [-0.3, -0.25) is 4.79 Å². The van der Waals surface area contributed by atoms with E-state index in [1.54, 1.807) is 26.8 Å². The van der Waals surface area contributed by atoms with Gasteiger partial charge in [0.1, 0.15) is 5.82 Å². The Morgan fingerprint density at radius 3 is 2.56 bits per heavy atom. The molecule has 0 saturated heterocycles. The van der Waals surface area contributed by atoms with Crippen LogP contribution >= 0.6 is 11.6 Å². The standard InChI is InChI=1S/C12H15ClFNO/c1-7-8(4-5-9(13)10(7)14)6-12(2,3)11(15)16/h4-5H,6H2,1-3H3,(H2,15,16). The second kappa shape index (κ2) is 4.42. The molecular formula is C12H15ClFNO. The molecule has 0 heterocycles. The number of amides is 1. The molecule has 0 atom stereocenters. The van der Waals surface area contributed by atoms with Gasteiger partial charge in [-0.05, 0) is 30.5 Å². The molecule has 0 saturated carbocycles. The molecule has 0 radical (unpaired) electrons. The van der Waals surface area contributed by atoms with Crippen molar-refractivity contribution in [1.82, 2.24) is 0 Å². The third-order valence-corrected chi connectivity index (χ3v) is 3.04. The minimum absolute atomic E-state index is 0.0955. The molecule has 88 valence electrons. The maximum Gasteiger partial charge on any atom is 0.223 e. The number of hydrogen-bond acceptors (Lipinski definition) is 1. The van der Waals surface area contributed by atoms with E-state index in [0.29, 0.717) is 12.0 Å². The summed E-state index contributed by atoms with van der Waals surface area (Å²) >= 11 is 5.65. The highest BCUT2D eigenvalue weighted by atomic mass is 35.5. The van der Waals surface area contributed by atoms with Gasteiger partial charge in [-0.1, -0.05) is 31.5 Å². The van der Waals surface area contributed by atoms with Crippen LogP contribution < -0.4 is 5.73 Å². The van der Waals surface area contributed by atoms with Crippen molar-refractivity contribution in [2.45, 2.75) is 27.2 Å². The monoisotopic (exact) mass is 243 g/mol. The van der Waals surface area contributed by atoms with Crippen LogP contribution in [0.5, 0.6) is 0 Å². The Kier molecular flexibility index (Phi) is 3.58. The first kappa shape index (κ1) is 13.0. The number of carbonyl (C=O) groups excluding carboxylic acids is 1. The Morgan fingerprint density at radius 1 is 1.50 bits per heavy atom. The second-order valence-electron chi connectivity index (χ2n) is 4.57. The zero-order valence-electron chi connectivity index (χ0n) is 9.60. The predicted molar refractivity (Wildman–Crippen MR) is 62.8 cm³/mol. The number of carbonyl (C=O) groups is 1. The lowest BCUT2D eigenvalue weighted by molar-refractivity contribution is -0.125. The molecule has 1 aromatic rings. The van der Waals surface area contributed by atoms with E-state index in [9.17, 15) is 9.18 Å². The molecule has 0 bridgehead atoms. The van der Waals surface area contributed by atoms with E-state index in [2.05, 4.69) is 0 Å². The molecule has 0 unspecified atom stereocenters. The van der Waals surface area contributed by atoms with E-state index in [1.165, 1.54) is 6.07 Å².